The van der Waals surface area contributed by atoms with E-state index in [1.54, 1.807) is 23.9 Å². The zero-order valence-electron chi connectivity index (χ0n) is 6.91. The van der Waals surface area contributed by atoms with Gasteiger partial charge in [-0.1, -0.05) is 17.7 Å². The van der Waals surface area contributed by atoms with Crippen LogP contribution < -0.4 is 10.7 Å². The molecule has 0 spiro atoms. The van der Waals surface area contributed by atoms with Gasteiger partial charge in [-0.3, -0.25) is 5.84 Å². The average Bonchev–Trinajstić information content (AvgIpc) is 2.09. The first-order chi connectivity index (χ1) is 5.97. The first-order valence-corrected chi connectivity index (χ1v) is 5.32. The fourth-order valence-electron chi connectivity index (χ4n) is 0.927. The molecule has 0 heterocycles. The highest BCUT2D eigenvalue weighted by Crippen LogP contribution is 2.19. The summed E-state index contributed by atoms with van der Waals surface area (Å²) in [5.74, 6) is 4.88. The number of hydrazine groups is 1. The van der Waals surface area contributed by atoms with Crippen molar-refractivity contribution < 1.29 is 8.42 Å². The van der Waals surface area contributed by atoms with Crippen molar-refractivity contribution in [3.05, 3.63) is 28.8 Å². The number of nitrogens with two attached hydrogens (primary N) is 1. The Kier molecular flexibility index (Phi) is 2.92. The van der Waals surface area contributed by atoms with Crippen molar-refractivity contribution in [2.24, 2.45) is 5.84 Å². The van der Waals surface area contributed by atoms with Crippen molar-refractivity contribution in [1.29, 1.82) is 0 Å². The van der Waals surface area contributed by atoms with Gasteiger partial charge in [0.1, 0.15) is 0 Å². The Morgan fingerprint density at radius 1 is 1.46 bits per heavy atom. The lowest BCUT2D eigenvalue weighted by Crippen LogP contribution is -2.30. The minimum absolute atomic E-state index is 0.0995. The van der Waals surface area contributed by atoms with Gasteiger partial charge in [0, 0.05) is 5.02 Å². The maximum absolute atomic E-state index is 11.3. The van der Waals surface area contributed by atoms with Crippen LogP contribution in [0, 0.1) is 6.92 Å². The van der Waals surface area contributed by atoms with Crippen LogP contribution in [0.2, 0.25) is 5.02 Å². The molecule has 1 aromatic carbocycles. The number of sulfonamides is 1. The molecule has 0 aliphatic heterocycles. The highest BCUT2D eigenvalue weighted by atomic mass is 35.5. The van der Waals surface area contributed by atoms with E-state index in [0.717, 1.165) is 0 Å². The number of benzene rings is 1. The molecule has 6 heteroatoms. The van der Waals surface area contributed by atoms with Gasteiger partial charge in [0.2, 0.25) is 0 Å². The molecule has 0 fully saturated rings. The molecule has 0 saturated heterocycles. The lowest BCUT2D eigenvalue weighted by Gasteiger charge is -2.05. The predicted molar refractivity (Wildman–Crippen MR) is 50.7 cm³/mol. The Hall–Kier alpha value is -0.620. The number of nitrogens with one attached hydrogen (secondary N) is 1. The van der Waals surface area contributed by atoms with Gasteiger partial charge in [-0.05, 0) is 24.6 Å². The molecule has 1 rings (SSSR count). The number of hydrogen-bond donors (Lipinski definition) is 2. The minimum Gasteiger partial charge on any atom is -0.257 e. The number of aryl methyl sites for hydroxylation is 1. The van der Waals surface area contributed by atoms with E-state index in [0.29, 0.717) is 10.6 Å². The van der Waals surface area contributed by atoms with Gasteiger partial charge in [-0.15, -0.1) is 0 Å². The maximum atomic E-state index is 11.3. The van der Waals surface area contributed by atoms with E-state index in [9.17, 15) is 8.42 Å². The summed E-state index contributed by atoms with van der Waals surface area (Å²) in [6.45, 7) is 1.67. The normalized spacial score (nSPS) is 11.6. The van der Waals surface area contributed by atoms with Crippen molar-refractivity contribution in [2.75, 3.05) is 0 Å². The SMILES string of the molecule is Cc1ccc(Cl)cc1S(=O)(=O)NN. The Labute approximate surface area is 81.7 Å². The molecular formula is C7H9ClN2O2S. The van der Waals surface area contributed by atoms with Crippen LogP contribution in [0.15, 0.2) is 23.1 Å². The van der Waals surface area contributed by atoms with Gasteiger partial charge < -0.3 is 0 Å². The maximum Gasteiger partial charge on any atom is 0.253 e. The Morgan fingerprint density at radius 3 is 2.62 bits per heavy atom. The molecular weight excluding hydrogens is 212 g/mol. The van der Waals surface area contributed by atoms with Crippen molar-refractivity contribution in [2.45, 2.75) is 11.8 Å². The Morgan fingerprint density at radius 2 is 2.08 bits per heavy atom. The summed E-state index contributed by atoms with van der Waals surface area (Å²) in [4.78, 5) is 1.84. The van der Waals surface area contributed by atoms with Crippen LogP contribution in [-0.2, 0) is 10.0 Å². The molecule has 72 valence electrons. The number of halogens is 1. The molecule has 0 amide bonds. The van der Waals surface area contributed by atoms with Crippen LogP contribution in [0.3, 0.4) is 0 Å². The van der Waals surface area contributed by atoms with Crippen molar-refractivity contribution in [1.82, 2.24) is 4.83 Å². The number of rotatable bonds is 2. The molecule has 0 unspecified atom stereocenters. The van der Waals surface area contributed by atoms with Crippen molar-refractivity contribution in [3.63, 3.8) is 0 Å². The third-order valence-corrected chi connectivity index (χ3v) is 3.16. The van der Waals surface area contributed by atoms with E-state index in [-0.39, 0.29) is 4.90 Å². The number of hydrogen-bond acceptors (Lipinski definition) is 3. The monoisotopic (exact) mass is 220 g/mol. The van der Waals surface area contributed by atoms with Crippen LogP contribution in [0.25, 0.3) is 0 Å². The molecule has 0 aliphatic carbocycles. The Balaban J connectivity index is 3.38. The topological polar surface area (TPSA) is 72.2 Å². The van der Waals surface area contributed by atoms with E-state index in [2.05, 4.69) is 0 Å². The summed E-state index contributed by atoms with van der Waals surface area (Å²) in [6.07, 6.45) is 0. The molecule has 13 heavy (non-hydrogen) atoms. The average molecular weight is 221 g/mol. The second-order valence-electron chi connectivity index (χ2n) is 2.53. The standard InChI is InChI=1S/C7H9ClN2O2S/c1-5-2-3-6(8)4-7(5)13(11,12)10-9/h2-4,10H,9H2,1H3. The van der Waals surface area contributed by atoms with Gasteiger partial charge in [0.05, 0.1) is 4.90 Å². The first kappa shape index (κ1) is 10.5. The summed E-state index contributed by atoms with van der Waals surface area (Å²) in [7, 11) is -3.61. The highest BCUT2D eigenvalue weighted by molar-refractivity contribution is 7.89. The second kappa shape index (κ2) is 3.63. The molecule has 1 aromatic rings. The fourth-order valence-corrected chi connectivity index (χ4v) is 2.06. The van der Waals surface area contributed by atoms with Crippen LogP contribution in [-0.4, -0.2) is 8.42 Å². The smallest absolute Gasteiger partial charge is 0.253 e. The molecule has 0 atom stereocenters. The third-order valence-electron chi connectivity index (χ3n) is 1.59. The summed E-state index contributed by atoms with van der Waals surface area (Å²) in [6, 6.07) is 4.59. The zero-order valence-corrected chi connectivity index (χ0v) is 8.48. The second-order valence-corrected chi connectivity index (χ2v) is 4.65. The summed E-state index contributed by atoms with van der Waals surface area (Å²) >= 11 is 5.65. The van der Waals surface area contributed by atoms with Gasteiger partial charge in [0.25, 0.3) is 10.0 Å². The van der Waals surface area contributed by atoms with Crippen LogP contribution in [0.5, 0.6) is 0 Å². The van der Waals surface area contributed by atoms with Crippen molar-refractivity contribution >= 4 is 21.6 Å². The molecule has 0 aliphatic rings. The van der Waals surface area contributed by atoms with Gasteiger partial charge in [-0.25, -0.2) is 8.42 Å². The molecule has 0 radical (unpaired) electrons. The molecule has 0 bridgehead atoms. The largest absolute Gasteiger partial charge is 0.257 e. The summed E-state index contributed by atoms with van der Waals surface area (Å²) in [5.41, 5.74) is 0.599. The lowest BCUT2D eigenvalue weighted by molar-refractivity contribution is 0.583. The van der Waals surface area contributed by atoms with E-state index in [4.69, 9.17) is 17.4 Å². The molecule has 0 aromatic heterocycles. The van der Waals surface area contributed by atoms with E-state index in [1.165, 1.54) is 6.07 Å². The molecule has 4 nitrogen and oxygen atoms in total. The van der Waals surface area contributed by atoms with E-state index < -0.39 is 10.0 Å². The molecule has 0 saturated carbocycles. The Bertz CT molecular complexity index is 417. The summed E-state index contributed by atoms with van der Waals surface area (Å²) in [5, 5.41) is 0.361. The zero-order chi connectivity index (χ0) is 10.1. The third kappa shape index (κ3) is 2.19. The summed E-state index contributed by atoms with van der Waals surface area (Å²) < 4.78 is 22.6. The molecule has 3 N–H and O–H groups in total. The first-order valence-electron chi connectivity index (χ1n) is 3.46. The van der Waals surface area contributed by atoms with Crippen LogP contribution in [0.4, 0.5) is 0 Å². The van der Waals surface area contributed by atoms with Crippen molar-refractivity contribution in [3.8, 4) is 0 Å². The minimum atomic E-state index is -3.61. The fraction of sp³-hybridized carbons (Fsp3) is 0.143. The van der Waals surface area contributed by atoms with Crippen LogP contribution >= 0.6 is 11.6 Å². The van der Waals surface area contributed by atoms with Gasteiger partial charge >= 0.3 is 0 Å². The van der Waals surface area contributed by atoms with Crippen LogP contribution in [0.1, 0.15) is 5.56 Å². The van der Waals surface area contributed by atoms with E-state index >= 15 is 0 Å². The van der Waals surface area contributed by atoms with Gasteiger partial charge in [0.15, 0.2) is 0 Å². The highest BCUT2D eigenvalue weighted by Gasteiger charge is 2.14. The quantitative estimate of drug-likeness (QED) is 0.572. The van der Waals surface area contributed by atoms with Gasteiger partial charge in [-0.2, -0.15) is 4.83 Å². The predicted octanol–water partition coefficient (Wildman–Crippen LogP) is 0.800. The van der Waals surface area contributed by atoms with E-state index in [1.807, 2.05) is 0 Å². The lowest BCUT2D eigenvalue weighted by atomic mass is 10.2.